The first-order valence-electron chi connectivity index (χ1n) is 7.19. The molecule has 1 saturated carbocycles. The maximum absolute atomic E-state index is 6.43. The van der Waals surface area contributed by atoms with Crippen LogP contribution in [-0.2, 0) is 5.54 Å². The van der Waals surface area contributed by atoms with E-state index in [2.05, 4.69) is 24.0 Å². The van der Waals surface area contributed by atoms with Crippen LogP contribution in [0.5, 0.6) is 0 Å². The third-order valence-corrected chi connectivity index (χ3v) is 5.54. The third kappa shape index (κ3) is 2.07. The molecule has 19 heavy (non-hydrogen) atoms. The molecule has 0 unspecified atom stereocenters. The van der Waals surface area contributed by atoms with Gasteiger partial charge in [0.2, 0.25) is 4.96 Å². The van der Waals surface area contributed by atoms with Gasteiger partial charge in [-0.15, -0.1) is 10.2 Å². The van der Waals surface area contributed by atoms with Gasteiger partial charge < -0.3 is 5.73 Å². The van der Waals surface area contributed by atoms with Crippen molar-refractivity contribution in [3.8, 4) is 0 Å². The first-order valence-corrected chi connectivity index (χ1v) is 8.01. The summed E-state index contributed by atoms with van der Waals surface area (Å²) in [4.78, 5) is 0.883. The van der Waals surface area contributed by atoms with Gasteiger partial charge >= 0.3 is 0 Å². The molecule has 0 aliphatic heterocycles. The molecule has 1 aliphatic carbocycles. The summed E-state index contributed by atoms with van der Waals surface area (Å²) in [7, 11) is 0. The summed E-state index contributed by atoms with van der Waals surface area (Å²) >= 11 is 1.59. The molecule has 0 spiro atoms. The molecule has 6 heteroatoms. The fourth-order valence-corrected chi connectivity index (χ4v) is 3.91. The molecule has 0 aromatic carbocycles. The summed E-state index contributed by atoms with van der Waals surface area (Å²) in [6, 6.07) is 0. The van der Waals surface area contributed by atoms with Crippen molar-refractivity contribution >= 4 is 16.3 Å². The molecule has 0 amide bonds. The predicted molar refractivity (Wildman–Crippen MR) is 76.3 cm³/mol. The van der Waals surface area contributed by atoms with Gasteiger partial charge in [0.15, 0.2) is 5.82 Å². The van der Waals surface area contributed by atoms with Crippen molar-refractivity contribution < 1.29 is 0 Å². The molecule has 1 fully saturated rings. The summed E-state index contributed by atoms with van der Waals surface area (Å²) in [5.74, 6) is 1.56. The fourth-order valence-electron chi connectivity index (χ4n) is 2.82. The molecule has 0 radical (unpaired) electrons. The average molecular weight is 279 g/mol. The molecule has 2 aromatic rings. The second-order valence-electron chi connectivity index (χ2n) is 5.50. The lowest BCUT2D eigenvalue weighted by atomic mass is 9.95. The van der Waals surface area contributed by atoms with E-state index in [9.17, 15) is 0 Å². The van der Waals surface area contributed by atoms with Crippen molar-refractivity contribution in [3.05, 3.63) is 10.8 Å². The predicted octanol–water partition coefficient (Wildman–Crippen LogP) is 2.82. The second kappa shape index (κ2) is 4.83. The lowest BCUT2D eigenvalue weighted by Gasteiger charge is -2.22. The minimum Gasteiger partial charge on any atom is -0.319 e. The summed E-state index contributed by atoms with van der Waals surface area (Å²) in [6.07, 6.45) is 6.80. The quantitative estimate of drug-likeness (QED) is 0.934. The largest absolute Gasteiger partial charge is 0.319 e. The van der Waals surface area contributed by atoms with Crippen LogP contribution in [0.15, 0.2) is 0 Å². The van der Waals surface area contributed by atoms with E-state index in [1.807, 2.05) is 4.52 Å². The van der Waals surface area contributed by atoms with Crippen molar-refractivity contribution in [3.63, 3.8) is 0 Å². The topological polar surface area (TPSA) is 69.1 Å². The lowest BCUT2D eigenvalue weighted by molar-refractivity contribution is 0.405. The van der Waals surface area contributed by atoms with E-state index in [1.54, 1.807) is 11.3 Å². The smallest absolute Gasteiger partial charge is 0.234 e. The number of nitrogens with two attached hydrogens (primary N) is 1. The van der Waals surface area contributed by atoms with Crippen LogP contribution in [0.3, 0.4) is 0 Å². The van der Waals surface area contributed by atoms with E-state index in [1.165, 1.54) is 25.7 Å². The van der Waals surface area contributed by atoms with Gasteiger partial charge in [0.1, 0.15) is 5.01 Å². The van der Waals surface area contributed by atoms with Gasteiger partial charge in [0, 0.05) is 5.92 Å². The van der Waals surface area contributed by atoms with E-state index in [-0.39, 0.29) is 5.54 Å². The zero-order chi connectivity index (χ0) is 13.5. The molecule has 1 aliphatic rings. The highest BCUT2D eigenvalue weighted by Gasteiger charge is 2.30. The standard InChI is InChI=1S/C13H21N5S/c1-3-13(14,4-2)11-17-18-10(9-7-5-6-8-9)15-16-12(18)19-11/h9H,3-8,14H2,1-2H3. The van der Waals surface area contributed by atoms with Crippen LogP contribution in [0.1, 0.15) is 69.1 Å². The number of hydrogen-bond donors (Lipinski definition) is 1. The minimum absolute atomic E-state index is 0.321. The Bertz CT molecular complexity index is 563. The van der Waals surface area contributed by atoms with Gasteiger partial charge in [-0.1, -0.05) is 38.0 Å². The lowest BCUT2D eigenvalue weighted by Crippen LogP contribution is -2.35. The summed E-state index contributed by atoms with van der Waals surface area (Å²) < 4.78 is 1.93. The Hall–Kier alpha value is -1.01. The number of nitrogens with zero attached hydrogens (tertiary/aromatic N) is 4. The maximum atomic E-state index is 6.43. The monoisotopic (exact) mass is 279 g/mol. The van der Waals surface area contributed by atoms with Crippen molar-refractivity contribution in [2.75, 3.05) is 0 Å². The Labute approximate surface area is 117 Å². The zero-order valence-electron chi connectivity index (χ0n) is 11.6. The number of hydrogen-bond acceptors (Lipinski definition) is 5. The molecule has 0 saturated heterocycles. The van der Waals surface area contributed by atoms with Gasteiger partial charge in [0.25, 0.3) is 0 Å². The van der Waals surface area contributed by atoms with Gasteiger partial charge in [-0.05, 0) is 25.7 Å². The molecule has 5 nitrogen and oxygen atoms in total. The molecule has 2 N–H and O–H groups in total. The van der Waals surface area contributed by atoms with Crippen LogP contribution in [0.4, 0.5) is 0 Å². The molecule has 0 bridgehead atoms. The Balaban J connectivity index is 2.02. The van der Waals surface area contributed by atoms with Crippen LogP contribution in [0.2, 0.25) is 0 Å². The first kappa shape index (κ1) is 13.0. The highest BCUT2D eigenvalue weighted by molar-refractivity contribution is 7.16. The molecule has 2 aromatic heterocycles. The van der Waals surface area contributed by atoms with Crippen LogP contribution < -0.4 is 5.73 Å². The van der Waals surface area contributed by atoms with Gasteiger partial charge in [-0.3, -0.25) is 0 Å². The van der Waals surface area contributed by atoms with Crippen molar-refractivity contribution in [1.29, 1.82) is 0 Å². The zero-order valence-corrected chi connectivity index (χ0v) is 12.4. The van der Waals surface area contributed by atoms with E-state index in [0.717, 1.165) is 28.6 Å². The van der Waals surface area contributed by atoms with Gasteiger partial charge in [-0.25, -0.2) is 0 Å². The Morgan fingerprint density at radius 2 is 1.95 bits per heavy atom. The normalized spacial score (nSPS) is 17.6. The molecule has 2 heterocycles. The minimum atomic E-state index is -0.321. The van der Waals surface area contributed by atoms with Crippen LogP contribution in [-0.4, -0.2) is 19.8 Å². The fraction of sp³-hybridized carbons (Fsp3) is 0.769. The molecular weight excluding hydrogens is 258 g/mol. The number of rotatable bonds is 4. The van der Waals surface area contributed by atoms with Crippen molar-refractivity contribution in [1.82, 2.24) is 19.8 Å². The Morgan fingerprint density at radius 3 is 2.58 bits per heavy atom. The number of fused-ring (bicyclic) bond motifs is 1. The highest BCUT2D eigenvalue weighted by atomic mass is 32.1. The van der Waals surface area contributed by atoms with Crippen molar-refractivity contribution in [2.45, 2.75) is 63.8 Å². The van der Waals surface area contributed by atoms with Gasteiger partial charge in [0.05, 0.1) is 5.54 Å². The first-order chi connectivity index (χ1) is 9.18. The summed E-state index contributed by atoms with van der Waals surface area (Å²) in [6.45, 7) is 4.23. The van der Waals surface area contributed by atoms with Crippen molar-refractivity contribution in [2.24, 2.45) is 5.73 Å². The van der Waals surface area contributed by atoms with Crippen LogP contribution in [0, 0.1) is 0 Å². The highest BCUT2D eigenvalue weighted by Crippen LogP contribution is 2.35. The molecule has 3 rings (SSSR count). The SMILES string of the molecule is CCC(N)(CC)c1nn2c(C3CCCC3)nnc2s1. The third-order valence-electron chi connectivity index (χ3n) is 4.42. The summed E-state index contributed by atoms with van der Waals surface area (Å²) in [5.41, 5.74) is 6.11. The molecule has 0 atom stereocenters. The van der Waals surface area contributed by atoms with E-state index in [0.29, 0.717) is 5.92 Å². The van der Waals surface area contributed by atoms with Crippen LogP contribution >= 0.6 is 11.3 Å². The Morgan fingerprint density at radius 1 is 1.26 bits per heavy atom. The summed E-state index contributed by atoms with van der Waals surface area (Å²) in [5, 5.41) is 14.3. The van der Waals surface area contributed by atoms with Gasteiger partial charge in [-0.2, -0.15) is 9.61 Å². The number of aromatic nitrogens is 4. The molecule has 104 valence electrons. The van der Waals surface area contributed by atoms with E-state index < -0.39 is 0 Å². The average Bonchev–Trinajstić information content (AvgIpc) is 3.12. The molecular formula is C13H21N5S. The Kier molecular flexibility index (Phi) is 3.30. The van der Waals surface area contributed by atoms with E-state index in [4.69, 9.17) is 10.8 Å². The van der Waals surface area contributed by atoms with Crippen LogP contribution in [0.25, 0.3) is 4.96 Å². The maximum Gasteiger partial charge on any atom is 0.234 e. The van der Waals surface area contributed by atoms with E-state index >= 15 is 0 Å². The second-order valence-corrected chi connectivity index (χ2v) is 6.46.